The Morgan fingerprint density at radius 3 is 2.58 bits per heavy atom. The monoisotopic (exact) mass is 174 g/mol. The maximum Gasteiger partial charge on any atom is 0.305 e. The third-order valence-corrected chi connectivity index (χ3v) is 1.44. The number of hydrogen-bond donors (Lipinski definition) is 3. The van der Waals surface area contributed by atoms with Crippen LogP contribution in [-0.4, -0.2) is 30.1 Å². The van der Waals surface area contributed by atoms with Crippen LogP contribution in [-0.2, 0) is 9.59 Å². The smallest absolute Gasteiger partial charge is 0.305 e. The fraction of sp³-hybridized carbons (Fsp3) is 0.714. The maximum atomic E-state index is 11.0. The fourth-order valence-electron chi connectivity index (χ4n) is 0.574. The number of amides is 1. The van der Waals surface area contributed by atoms with E-state index in [2.05, 4.69) is 5.32 Å². The molecule has 0 aliphatic heterocycles. The number of nitrogens with two attached hydrogens (primary N) is 1. The van der Waals surface area contributed by atoms with E-state index in [1.165, 1.54) is 0 Å². The maximum absolute atomic E-state index is 11.0. The Bertz CT molecular complexity index is 170. The van der Waals surface area contributed by atoms with Crippen LogP contribution in [0.25, 0.3) is 0 Å². The molecule has 0 saturated heterocycles. The molecule has 0 radical (unpaired) electrons. The Morgan fingerprint density at radius 1 is 1.58 bits per heavy atom. The minimum atomic E-state index is -0.921. The molecule has 0 bridgehead atoms. The first-order chi connectivity index (χ1) is 5.57. The number of nitrogens with one attached hydrogen (secondary N) is 1. The second-order valence-electron chi connectivity index (χ2n) is 2.57. The van der Waals surface area contributed by atoms with Gasteiger partial charge >= 0.3 is 5.97 Å². The molecule has 0 aliphatic carbocycles. The molecule has 4 N–H and O–H groups in total. The van der Waals surface area contributed by atoms with E-state index >= 15 is 0 Å². The van der Waals surface area contributed by atoms with Crippen LogP contribution in [0, 0.1) is 5.92 Å². The van der Waals surface area contributed by atoms with Gasteiger partial charge in [-0.3, -0.25) is 9.59 Å². The topological polar surface area (TPSA) is 92.4 Å². The minimum Gasteiger partial charge on any atom is -0.481 e. The van der Waals surface area contributed by atoms with Crippen molar-refractivity contribution in [1.29, 1.82) is 0 Å². The summed E-state index contributed by atoms with van der Waals surface area (Å²) in [6, 6.07) is 0. The van der Waals surface area contributed by atoms with Crippen LogP contribution in [0.5, 0.6) is 0 Å². The van der Waals surface area contributed by atoms with Crippen molar-refractivity contribution in [2.75, 3.05) is 13.1 Å². The SMILES string of the molecule is CC(CN)C(=O)NCCC(=O)O. The van der Waals surface area contributed by atoms with E-state index in [1.54, 1.807) is 6.92 Å². The van der Waals surface area contributed by atoms with Crippen molar-refractivity contribution in [2.24, 2.45) is 11.7 Å². The molecule has 0 fully saturated rings. The number of carboxylic acid groups (broad SMARTS) is 1. The van der Waals surface area contributed by atoms with Gasteiger partial charge in [0.05, 0.1) is 6.42 Å². The zero-order valence-electron chi connectivity index (χ0n) is 7.04. The number of carbonyl (C=O) groups excluding carboxylic acids is 1. The van der Waals surface area contributed by atoms with Crippen LogP contribution in [0.2, 0.25) is 0 Å². The van der Waals surface area contributed by atoms with Crippen molar-refractivity contribution in [3.05, 3.63) is 0 Å². The third kappa shape index (κ3) is 4.68. The van der Waals surface area contributed by atoms with Crippen LogP contribution in [0.4, 0.5) is 0 Å². The van der Waals surface area contributed by atoms with Gasteiger partial charge in [0.2, 0.25) is 5.91 Å². The number of aliphatic carboxylic acids is 1. The molecule has 0 rings (SSSR count). The molecular formula is C7H14N2O3. The van der Waals surface area contributed by atoms with Crippen LogP contribution < -0.4 is 11.1 Å². The summed E-state index contributed by atoms with van der Waals surface area (Å²) in [6.07, 6.45) is -0.0525. The van der Waals surface area contributed by atoms with Crippen molar-refractivity contribution in [2.45, 2.75) is 13.3 Å². The van der Waals surface area contributed by atoms with Gasteiger partial charge in [0.25, 0.3) is 0 Å². The fourth-order valence-corrected chi connectivity index (χ4v) is 0.574. The molecule has 5 heteroatoms. The lowest BCUT2D eigenvalue weighted by atomic mass is 10.2. The Balaban J connectivity index is 3.50. The van der Waals surface area contributed by atoms with Crippen molar-refractivity contribution >= 4 is 11.9 Å². The predicted octanol–water partition coefficient (Wildman–Crippen LogP) is -0.828. The molecule has 12 heavy (non-hydrogen) atoms. The van der Waals surface area contributed by atoms with Crippen molar-refractivity contribution in [3.8, 4) is 0 Å². The van der Waals surface area contributed by atoms with Crippen LogP contribution in [0.3, 0.4) is 0 Å². The molecule has 0 saturated carbocycles. The molecule has 0 aromatic carbocycles. The molecule has 70 valence electrons. The second kappa shape index (κ2) is 5.54. The van der Waals surface area contributed by atoms with Crippen LogP contribution in [0.1, 0.15) is 13.3 Å². The van der Waals surface area contributed by atoms with E-state index in [-0.39, 0.29) is 31.3 Å². The largest absolute Gasteiger partial charge is 0.481 e. The van der Waals surface area contributed by atoms with E-state index in [9.17, 15) is 9.59 Å². The number of hydrogen-bond acceptors (Lipinski definition) is 3. The molecule has 0 spiro atoms. The summed E-state index contributed by atoms with van der Waals surface area (Å²) in [7, 11) is 0. The van der Waals surface area contributed by atoms with E-state index in [1.807, 2.05) is 0 Å². The summed E-state index contributed by atoms with van der Waals surface area (Å²) in [5.74, 6) is -1.37. The van der Waals surface area contributed by atoms with Gasteiger partial charge in [-0.25, -0.2) is 0 Å². The summed E-state index contributed by atoms with van der Waals surface area (Å²) in [5, 5.41) is 10.7. The van der Waals surface area contributed by atoms with Gasteiger partial charge in [0.15, 0.2) is 0 Å². The number of rotatable bonds is 5. The highest BCUT2D eigenvalue weighted by atomic mass is 16.4. The number of carbonyl (C=O) groups is 2. The van der Waals surface area contributed by atoms with Crippen LogP contribution in [0.15, 0.2) is 0 Å². The average molecular weight is 174 g/mol. The van der Waals surface area contributed by atoms with Crippen molar-refractivity contribution in [1.82, 2.24) is 5.32 Å². The van der Waals surface area contributed by atoms with E-state index < -0.39 is 5.97 Å². The zero-order chi connectivity index (χ0) is 9.56. The summed E-state index contributed by atoms with van der Waals surface area (Å²) in [5.41, 5.74) is 5.23. The van der Waals surface area contributed by atoms with E-state index in [0.29, 0.717) is 0 Å². The molecule has 0 heterocycles. The Labute approximate surface area is 70.9 Å². The normalized spacial score (nSPS) is 12.2. The Kier molecular flexibility index (Phi) is 5.03. The predicted molar refractivity (Wildman–Crippen MR) is 43.5 cm³/mol. The standard InChI is InChI=1S/C7H14N2O3/c1-5(4-8)7(12)9-3-2-6(10)11/h5H,2-4,8H2,1H3,(H,9,12)(H,10,11). The molecule has 0 aliphatic rings. The average Bonchev–Trinajstić information content (AvgIpc) is 2.02. The highest BCUT2D eigenvalue weighted by Gasteiger charge is 2.09. The molecule has 1 unspecified atom stereocenters. The summed E-state index contributed by atoms with van der Waals surface area (Å²) >= 11 is 0. The van der Waals surface area contributed by atoms with Gasteiger partial charge in [-0.1, -0.05) is 6.92 Å². The molecular weight excluding hydrogens is 160 g/mol. The lowest BCUT2D eigenvalue weighted by molar-refractivity contribution is -0.137. The molecule has 5 nitrogen and oxygen atoms in total. The summed E-state index contributed by atoms with van der Waals surface area (Å²) in [6.45, 7) is 2.13. The summed E-state index contributed by atoms with van der Waals surface area (Å²) in [4.78, 5) is 21.0. The molecule has 1 amide bonds. The van der Waals surface area contributed by atoms with Gasteiger partial charge in [-0.15, -0.1) is 0 Å². The van der Waals surface area contributed by atoms with Gasteiger partial charge in [-0.05, 0) is 0 Å². The first-order valence-electron chi connectivity index (χ1n) is 3.77. The highest BCUT2D eigenvalue weighted by Crippen LogP contribution is 1.89. The van der Waals surface area contributed by atoms with Gasteiger partial charge in [0.1, 0.15) is 0 Å². The summed E-state index contributed by atoms with van der Waals surface area (Å²) < 4.78 is 0. The second-order valence-corrected chi connectivity index (χ2v) is 2.57. The lowest BCUT2D eigenvalue weighted by Crippen LogP contribution is -2.34. The van der Waals surface area contributed by atoms with Crippen molar-refractivity contribution in [3.63, 3.8) is 0 Å². The Hall–Kier alpha value is -1.10. The van der Waals surface area contributed by atoms with Crippen molar-refractivity contribution < 1.29 is 14.7 Å². The molecule has 1 atom stereocenters. The van der Waals surface area contributed by atoms with Gasteiger partial charge in [0, 0.05) is 19.0 Å². The lowest BCUT2D eigenvalue weighted by Gasteiger charge is -2.07. The zero-order valence-corrected chi connectivity index (χ0v) is 7.04. The Morgan fingerprint density at radius 2 is 2.17 bits per heavy atom. The molecule has 0 aromatic rings. The highest BCUT2D eigenvalue weighted by molar-refractivity contribution is 5.79. The minimum absolute atomic E-state index is 0.0525. The van der Waals surface area contributed by atoms with E-state index in [0.717, 1.165) is 0 Å². The van der Waals surface area contributed by atoms with E-state index in [4.69, 9.17) is 10.8 Å². The van der Waals surface area contributed by atoms with Crippen LogP contribution >= 0.6 is 0 Å². The quantitative estimate of drug-likeness (QED) is 0.507. The number of carboxylic acids is 1. The van der Waals surface area contributed by atoms with Gasteiger partial charge < -0.3 is 16.2 Å². The first-order valence-corrected chi connectivity index (χ1v) is 3.77. The third-order valence-electron chi connectivity index (χ3n) is 1.44. The molecule has 0 aromatic heterocycles. The van der Waals surface area contributed by atoms with Gasteiger partial charge in [-0.2, -0.15) is 0 Å². The first kappa shape index (κ1) is 10.9.